The molecule has 19 heavy (non-hydrogen) atoms. The topological polar surface area (TPSA) is 55.4 Å². The summed E-state index contributed by atoms with van der Waals surface area (Å²) in [5.41, 5.74) is 1.77. The number of carbonyl (C=O) groups is 2. The number of hydrogen-bond acceptors (Lipinski definition) is 3. The van der Waals surface area contributed by atoms with Gasteiger partial charge in [-0.2, -0.15) is 0 Å². The number of anilines is 1. The van der Waals surface area contributed by atoms with Gasteiger partial charge in [0, 0.05) is 4.47 Å². The predicted octanol–water partition coefficient (Wildman–Crippen LogP) is 2.90. The van der Waals surface area contributed by atoms with Crippen LogP contribution in [0.3, 0.4) is 0 Å². The van der Waals surface area contributed by atoms with E-state index in [2.05, 4.69) is 21.2 Å². The number of rotatable bonds is 4. The summed E-state index contributed by atoms with van der Waals surface area (Å²) in [6.45, 7) is 3.73. The summed E-state index contributed by atoms with van der Waals surface area (Å²) < 4.78 is 5.78. The number of carbonyl (C=O) groups excluding carboxylic acids is 2. The number of hydrogen-bond donors (Lipinski definition) is 1. The molecule has 0 heterocycles. The summed E-state index contributed by atoms with van der Waals surface area (Å²) >= 11 is 3.37. The molecule has 0 unspecified atom stereocenters. The van der Waals surface area contributed by atoms with E-state index in [-0.39, 0.29) is 24.4 Å². The Bertz CT molecular complexity index is 515. The van der Waals surface area contributed by atoms with Gasteiger partial charge >= 0.3 is 5.97 Å². The quantitative estimate of drug-likeness (QED) is 0.866. The van der Waals surface area contributed by atoms with Crippen molar-refractivity contribution < 1.29 is 14.3 Å². The summed E-state index contributed by atoms with van der Waals surface area (Å²) in [6, 6.07) is 5.62. The minimum atomic E-state index is -0.328. The zero-order valence-corrected chi connectivity index (χ0v) is 12.5. The van der Waals surface area contributed by atoms with E-state index in [1.165, 1.54) is 0 Å². The first kappa shape index (κ1) is 14.1. The Labute approximate surface area is 120 Å². The molecule has 4 nitrogen and oxygen atoms in total. The molecule has 0 spiro atoms. The molecule has 0 saturated heterocycles. The molecule has 2 atom stereocenters. The summed E-state index contributed by atoms with van der Waals surface area (Å²) in [7, 11) is 0. The molecule has 0 radical (unpaired) electrons. The molecule has 1 aromatic rings. The molecular weight excluding hydrogens is 310 g/mol. The largest absolute Gasteiger partial charge is 0.455 e. The minimum Gasteiger partial charge on any atom is -0.455 e. The van der Waals surface area contributed by atoms with Crippen LogP contribution in [-0.2, 0) is 14.3 Å². The zero-order valence-electron chi connectivity index (χ0n) is 10.9. The SMILES string of the molecule is Cc1ccc(NC(=O)COC(=O)[C@@H]2C[C@H]2C)c(Br)c1. The van der Waals surface area contributed by atoms with Gasteiger partial charge in [0.2, 0.25) is 0 Å². The van der Waals surface area contributed by atoms with E-state index in [0.29, 0.717) is 11.6 Å². The van der Waals surface area contributed by atoms with Gasteiger partial charge in [-0.1, -0.05) is 13.0 Å². The van der Waals surface area contributed by atoms with E-state index in [9.17, 15) is 9.59 Å². The highest BCUT2D eigenvalue weighted by molar-refractivity contribution is 9.10. The van der Waals surface area contributed by atoms with Crippen LogP contribution in [0.15, 0.2) is 22.7 Å². The van der Waals surface area contributed by atoms with Gasteiger partial charge in [-0.05, 0) is 52.9 Å². The standard InChI is InChI=1S/C14H16BrNO3/c1-8-3-4-12(11(15)5-8)16-13(17)7-19-14(18)10-6-9(10)2/h3-5,9-10H,6-7H2,1-2H3,(H,16,17)/t9-,10-/m1/s1. The van der Waals surface area contributed by atoms with Gasteiger partial charge in [0.1, 0.15) is 0 Å². The fourth-order valence-corrected chi connectivity index (χ4v) is 2.39. The van der Waals surface area contributed by atoms with Crippen molar-refractivity contribution in [3.8, 4) is 0 Å². The Hall–Kier alpha value is -1.36. The van der Waals surface area contributed by atoms with E-state index in [1.54, 1.807) is 0 Å². The van der Waals surface area contributed by atoms with Crippen LogP contribution in [0.25, 0.3) is 0 Å². The number of amides is 1. The van der Waals surface area contributed by atoms with E-state index < -0.39 is 0 Å². The zero-order chi connectivity index (χ0) is 14.0. The van der Waals surface area contributed by atoms with Crippen LogP contribution < -0.4 is 5.32 Å². The molecule has 0 aromatic heterocycles. The maximum Gasteiger partial charge on any atom is 0.309 e. The Morgan fingerprint density at radius 3 is 2.74 bits per heavy atom. The molecule has 5 heteroatoms. The maximum absolute atomic E-state index is 11.7. The molecule has 0 bridgehead atoms. The number of benzene rings is 1. The van der Waals surface area contributed by atoms with Gasteiger partial charge in [-0.25, -0.2) is 0 Å². The smallest absolute Gasteiger partial charge is 0.309 e. The molecule has 0 aliphatic heterocycles. The van der Waals surface area contributed by atoms with Gasteiger partial charge in [0.15, 0.2) is 6.61 Å². The van der Waals surface area contributed by atoms with Crippen LogP contribution in [0.4, 0.5) is 5.69 Å². The van der Waals surface area contributed by atoms with Crippen LogP contribution in [-0.4, -0.2) is 18.5 Å². The van der Waals surface area contributed by atoms with Crippen molar-refractivity contribution in [3.05, 3.63) is 28.2 Å². The highest BCUT2D eigenvalue weighted by atomic mass is 79.9. The summed E-state index contributed by atoms with van der Waals surface area (Å²) in [4.78, 5) is 23.1. The molecule has 1 saturated carbocycles. The highest BCUT2D eigenvalue weighted by Crippen LogP contribution is 2.38. The third-order valence-electron chi connectivity index (χ3n) is 3.16. The Balaban J connectivity index is 1.82. The van der Waals surface area contributed by atoms with E-state index in [1.807, 2.05) is 32.0 Å². The summed E-state index contributed by atoms with van der Waals surface area (Å²) in [5.74, 6) is -0.224. The molecule has 2 rings (SSSR count). The number of halogens is 1. The van der Waals surface area contributed by atoms with Gasteiger partial charge in [-0.15, -0.1) is 0 Å². The van der Waals surface area contributed by atoms with Crippen molar-refractivity contribution in [2.24, 2.45) is 11.8 Å². The third kappa shape index (κ3) is 3.80. The lowest BCUT2D eigenvalue weighted by atomic mass is 10.2. The van der Waals surface area contributed by atoms with E-state index >= 15 is 0 Å². The van der Waals surface area contributed by atoms with Crippen molar-refractivity contribution in [1.82, 2.24) is 0 Å². The second-order valence-corrected chi connectivity index (χ2v) is 5.81. The average Bonchev–Trinajstić information content (AvgIpc) is 3.07. The van der Waals surface area contributed by atoms with Crippen LogP contribution in [0.5, 0.6) is 0 Å². The molecule has 1 fully saturated rings. The minimum absolute atomic E-state index is 0.0149. The lowest BCUT2D eigenvalue weighted by Crippen LogP contribution is -2.21. The van der Waals surface area contributed by atoms with Crippen molar-refractivity contribution >= 4 is 33.5 Å². The number of aryl methyl sites for hydroxylation is 1. The van der Waals surface area contributed by atoms with Gasteiger partial charge in [0.05, 0.1) is 11.6 Å². The van der Waals surface area contributed by atoms with E-state index in [4.69, 9.17) is 4.74 Å². The van der Waals surface area contributed by atoms with Crippen molar-refractivity contribution in [1.29, 1.82) is 0 Å². The first-order chi connectivity index (χ1) is 8.97. The first-order valence-corrected chi connectivity index (χ1v) is 6.99. The molecule has 1 amide bonds. The molecule has 102 valence electrons. The second-order valence-electron chi connectivity index (χ2n) is 4.96. The van der Waals surface area contributed by atoms with Crippen LogP contribution in [0, 0.1) is 18.8 Å². The molecular formula is C14H16BrNO3. The number of nitrogens with one attached hydrogen (secondary N) is 1. The highest BCUT2D eigenvalue weighted by Gasteiger charge is 2.40. The lowest BCUT2D eigenvalue weighted by Gasteiger charge is -2.08. The van der Waals surface area contributed by atoms with Crippen LogP contribution in [0.1, 0.15) is 18.9 Å². The number of esters is 1. The van der Waals surface area contributed by atoms with Gasteiger partial charge < -0.3 is 10.1 Å². The average molecular weight is 326 g/mol. The van der Waals surface area contributed by atoms with E-state index in [0.717, 1.165) is 16.5 Å². The van der Waals surface area contributed by atoms with Crippen molar-refractivity contribution in [2.45, 2.75) is 20.3 Å². The monoisotopic (exact) mass is 325 g/mol. The molecule has 1 aromatic carbocycles. The molecule has 1 N–H and O–H groups in total. The third-order valence-corrected chi connectivity index (χ3v) is 3.81. The van der Waals surface area contributed by atoms with Crippen LogP contribution in [0.2, 0.25) is 0 Å². The van der Waals surface area contributed by atoms with Gasteiger partial charge in [0.25, 0.3) is 5.91 Å². The predicted molar refractivity (Wildman–Crippen MR) is 75.7 cm³/mol. The first-order valence-electron chi connectivity index (χ1n) is 6.20. The Kier molecular flexibility index (Phi) is 4.24. The van der Waals surface area contributed by atoms with Crippen molar-refractivity contribution in [2.75, 3.05) is 11.9 Å². The Morgan fingerprint density at radius 2 is 2.16 bits per heavy atom. The normalized spacial score (nSPS) is 20.8. The lowest BCUT2D eigenvalue weighted by molar-refractivity contribution is -0.148. The van der Waals surface area contributed by atoms with Crippen LogP contribution >= 0.6 is 15.9 Å². The summed E-state index contributed by atoms with van der Waals surface area (Å²) in [5, 5.41) is 2.70. The maximum atomic E-state index is 11.7. The summed E-state index contributed by atoms with van der Waals surface area (Å²) in [6.07, 6.45) is 0.865. The van der Waals surface area contributed by atoms with Gasteiger partial charge in [-0.3, -0.25) is 9.59 Å². The molecule has 1 aliphatic carbocycles. The Morgan fingerprint density at radius 1 is 1.47 bits per heavy atom. The fourth-order valence-electron chi connectivity index (χ4n) is 1.80. The molecule has 1 aliphatic rings. The van der Waals surface area contributed by atoms with Crippen molar-refractivity contribution in [3.63, 3.8) is 0 Å². The fraction of sp³-hybridized carbons (Fsp3) is 0.429. The second kappa shape index (κ2) is 5.74. The number of ether oxygens (including phenoxy) is 1.